The van der Waals surface area contributed by atoms with Crippen molar-refractivity contribution in [2.45, 2.75) is 24.6 Å². The molecule has 0 N–H and O–H groups in total. The van der Waals surface area contributed by atoms with Crippen LogP contribution in [0.2, 0.25) is 0 Å². The Morgan fingerprint density at radius 1 is 1.75 bits per heavy atom. The Morgan fingerprint density at radius 2 is 2.42 bits per heavy atom. The third kappa shape index (κ3) is 2.14. The number of thiol groups is 1. The summed E-state index contributed by atoms with van der Waals surface area (Å²) < 4.78 is 5.19. The molecule has 1 aliphatic heterocycles. The molecule has 12 heavy (non-hydrogen) atoms. The van der Waals surface area contributed by atoms with Crippen LogP contribution in [0, 0.1) is 0 Å². The fourth-order valence-corrected chi connectivity index (χ4v) is 1.48. The van der Waals surface area contributed by atoms with E-state index in [1.165, 1.54) is 0 Å². The van der Waals surface area contributed by atoms with Gasteiger partial charge in [0.2, 0.25) is 5.91 Å². The van der Waals surface area contributed by atoms with Crippen molar-refractivity contribution in [3.8, 4) is 0 Å². The van der Waals surface area contributed by atoms with E-state index in [1.807, 2.05) is 7.05 Å². The van der Waals surface area contributed by atoms with Gasteiger partial charge in [-0.3, -0.25) is 4.79 Å². The molecule has 2 atom stereocenters. The van der Waals surface area contributed by atoms with Crippen molar-refractivity contribution in [1.82, 2.24) is 4.90 Å². The molecule has 1 heterocycles. The van der Waals surface area contributed by atoms with E-state index in [0.29, 0.717) is 6.61 Å². The molecule has 0 radical (unpaired) electrons. The van der Waals surface area contributed by atoms with Gasteiger partial charge in [-0.2, -0.15) is 12.6 Å². The molecular weight excluding hydrogens is 174 g/mol. The minimum atomic E-state index is -0.212. The van der Waals surface area contributed by atoms with E-state index >= 15 is 0 Å². The Kier molecular flexibility index (Phi) is 3.40. The maximum absolute atomic E-state index is 11.4. The van der Waals surface area contributed by atoms with Crippen molar-refractivity contribution in [2.24, 2.45) is 0 Å². The first-order valence-corrected chi connectivity index (χ1v) is 4.67. The molecule has 1 amide bonds. The van der Waals surface area contributed by atoms with E-state index in [0.717, 1.165) is 13.0 Å². The van der Waals surface area contributed by atoms with Crippen LogP contribution in [0.1, 0.15) is 13.3 Å². The number of hydrogen-bond donors (Lipinski definition) is 1. The van der Waals surface area contributed by atoms with Crippen molar-refractivity contribution in [3.63, 3.8) is 0 Å². The molecule has 1 rings (SSSR count). The topological polar surface area (TPSA) is 29.5 Å². The fraction of sp³-hybridized carbons (Fsp3) is 0.875. The normalized spacial score (nSPS) is 25.4. The Hall–Kier alpha value is -0.220. The van der Waals surface area contributed by atoms with Crippen molar-refractivity contribution in [1.29, 1.82) is 0 Å². The standard InChI is InChI=1S/C8H15NO2S/c1-6(12)8(10)9(2)7-3-4-11-5-7/h6-7,12H,3-5H2,1-2H3. The monoisotopic (exact) mass is 189 g/mol. The van der Waals surface area contributed by atoms with Crippen LogP contribution in [0.5, 0.6) is 0 Å². The number of rotatable bonds is 2. The molecule has 4 heteroatoms. The first kappa shape index (κ1) is 9.86. The summed E-state index contributed by atoms with van der Waals surface area (Å²) in [5.74, 6) is 0.0776. The smallest absolute Gasteiger partial charge is 0.235 e. The minimum absolute atomic E-state index is 0.0776. The van der Waals surface area contributed by atoms with Gasteiger partial charge >= 0.3 is 0 Å². The van der Waals surface area contributed by atoms with Crippen LogP contribution < -0.4 is 0 Å². The molecule has 1 fully saturated rings. The zero-order valence-corrected chi connectivity index (χ0v) is 8.38. The fourth-order valence-electron chi connectivity index (χ4n) is 1.30. The van der Waals surface area contributed by atoms with Gasteiger partial charge in [0.25, 0.3) is 0 Å². The third-order valence-electron chi connectivity index (χ3n) is 2.16. The second-order valence-electron chi connectivity index (χ2n) is 3.14. The van der Waals surface area contributed by atoms with Crippen LogP contribution >= 0.6 is 12.6 Å². The van der Waals surface area contributed by atoms with Gasteiger partial charge in [-0.25, -0.2) is 0 Å². The number of hydrogen-bond acceptors (Lipinski definition) is 3. The molecular formula is C8H15NO2S. The minimum Gasteiger partial charge on any atom is -0.379 e. The lowest BCUT2D eigenvalue weighted by Gasteiger charge is -2.24. The van der Waals surface area contributed by atoms with Gasteiger partial charge in [0, 0.05) is 13.7 Å². The molecule has 0 aromatic rings. The van der Waals surface area contributed by atoms with E-state index < -0.39 is 0 Å². The average Bonchev–Trinajstić information content (AvgIpc) is 2.53. The predicted molar refractivity (Wildman–Crippen MR) is 50.4 cm³/mol. The molecule has 0 aromatic carbocycles. The highest BCUT2D eigenvalue weighted by Gasteiger charge is 2.25. The molecule has 0 aromatic heterocycles. The Labute approximate surface area is 78.5 Å². The van der Waals surface area contributed by atoms with Crippen molar-refractivity contribution < 1.29 is 9.53 Å². The zero-order valence-electron chi connectivity index (χ0n) is 7.49. The van der Waals surface area contributed by atoms with Gasteiger partial charge < -0.3 is 9.64 Å². The van der Waals surface area contributed by atoms with Crippen LogP contribution in [0.25, 0.3) is 0 Å². The maximum Gasteiger partial charge on any atom is 0.235 e. The van der Waals surface area contributed by atoms with Gasteiger partial charge in [-0.15, -0.1) is 0 Å². The summed E-state index contributed by atoms with van der Waals surface area (Å²) in [7, 11) is 1.81. The van der Waals surface area contributed by atoms with Gasteiger partial charge in [0.05, 0.1) is 17.9 Å². The second kappa shape index (κ2) is 4.14. The van der Waals surface area contributed by atoms with Crippen molar-refractivity contribution in [3.05, 3.63) is 0 Å². The second-order valence-corrected chi connectivity index (χ2v) is 3.92. The Balaban J connectivity index is 2.45. The summed E-state index contributed by atoms with van der Waals surface area (Å²) in [6.45, 7) is 3.23. The summed E-state index contributed by atoms with van der Waals surface area (Å²) in [4.78, 5) is 13.2. The first-order chi connectivity index (χ1) is 5.63. The van der Waals surface area contributed by atoms with Crippen molar-refractivity contribution >= 4 is 18.5 Å². The quantitative estimate of drug-likeness (QED) is 0.643. The van der Waals surface area contributed by atoms with E-state index in [2.05, 4.69) is 12.6 Å². The molecule has 0 saturated carbocycles. The lowest BCUT2D eigenvalue weighted by molar-refractivity contribution is -0.131. The average molecular weight is 189 g/mol. The number of likely N-dealkylation sites (N-methyl/N-ethyl adjacent to an activating group) is 1. The number of carbonyl (C=O) groups excluding carboxylic acids is 1. The highest BCUT2D eigenvalue weighted by atomic mass is 32.1. The molecule has 1 aliphatic rings. The van der Waals surface area contributed by atoms with Crippen molar-refractivity contribution in [2.75, 3.05) is 20.3 Å². The highest BCUT2D eigenvalue weighted by Crippen LogP contribution is 2.12. The summed E-state index contributed by atoms with van der Waals surface area (Å²) >= 11 is 4.09. The van der Waals surface area contributed by atoms with Gasteiger partial charge in [-0.1, -0.05) is 0 Å². The van der Waals surface area contributed by atoms with Crippen LogP contribution in [0.4, 0.5) is 0 Å². The molecule has 1 saturated heterocycles. The molecule has 3 nitrogen and oxygen atoms in total. The van der Waals surface area contributed by atoms with Gasteiger partial charge in [0.15, 0.2) is 0 Å². The highest BCUT2D eigenvalue weighted by molar-refractivity contribution is 7.81. The first-order valence-electron chi connectivity index (χ1n) is 4.15. The number of amides is 1. The summed E-state index contributed by atoms with van der Waals surface area (Å²) in [6, 6.07) is 0.257. The molecule has 0 aliphatic carbocycles. The van der Waals surface area contributed by atoms with E-state index in [9.17, 15) is 4.79 Å². The maximum atomic E-state index is 11.4. The number of nitrogens with zero attached hydrogens (tertiary/aromatic N) is 1. The Morgan fingerprint density at radius 3 is 2.83 bits per heavy atom. The summed E-state index contributed by atoms with van der Waals surface area (Å²) in [5, 5.41) is -0.212. The third-order valence-corrected chi connectivity index (χ3v) is 2.38. The zero-order chi connectivity index (χ0) is 9.14. The van der Waals surface area contributed by atoms with E-state index in [1.54, 1.807) is 11.8 Å². The largest absolute Gasteiger partial charge is 0.379 e. The number of carbonyl (C=O) groups is 1. The molecule has 70 valence electrons. The molecule has 0 spiro atoms. The number of ether oxygens (including phenoxy) is 1. The summed E-state index contributed by atoms with van der Waals surface area (Å²) in [5.41, 5.74) is 0. The van der Waals surface area contributed by atoms with Crippen LogP contribution in [0.3, 0.4) is 0 Å². The lowest BCUT2D eigenvalue weighted by atomic mass is 10.2. The van der Waals surface area contributed by atoms with Gasteiger partial charge in [0.1, 0.15) is 0 Å². The lowest BCUT2D eigenvalue weighted by Crippen LogP contribution is -2.40. The molecule has 2 unspecified atom stereocenters. The molecule has 0 bridgehead atoms. The van der Waals surface area contributed by atoms with E-state index in [-0.39, 0.29) is 17.2 Å². The Bertz CT molecular complexity index is 166. The predicted octanol–water partition coefficient (Wildman–Crippen LogP) is 0.552. The summed E-state index contributed by atoms with van der Waals surface area (Å²) in [6.07, 6.45) is 0.947. The van der Waals surface area contributed by atoms with E-state index in [4.69, 9.17) is 4.74 Å². The van der Waals surface area contributed by atoms with Crippen LogP contribution in [-0.4, -0.2) is 42.4 Å². The van der Waals surface area contributed by atoms with Crippen LogP contribution in [0.15, 0.2) is 0 Å². The SMILES string of the molecule is CC(S)C(=O)N(C)C1CCOC1. The van der Waals surface area contributed by atoms with Gasteiger partial charge in [-0.05, 0) is 13.3 Å². The van der Waals surface area contributed by atoms with Crippen LogP contribution in [-0.2, 0) is 9.53 Å².